The number of amides is 1. The van der Waals surface area contributed by atoms with Gasteiger partial charge in [0.2, 0.25) is 0 Å². The number of aliphatic hydroxyl groups excluding tert-OH is 1. The molecule has 5 rings (SSSR count). The molecule has 1 fully saturated rings. The van der Waals surface area contributed by atoms with E-state index in [9.17, 15) is 24.2 Å². The van der Waals surface area contributed by atoms with E-state index in [2.05, 4.69) is 4.98 Å². The van der Waals surface area contributed by atoms with Crippen molar-refractivity contribution in [3.8, 4) is 11.5 Å². The van der Waals surface area contributed by atoms with Gasteiger partial charge in [-0.15, -0.1) is 0 Å². The van der Waals surface area contributed by atoms with Gasteiger partial charge in [-0.3, -0.25) is 14.5 Å². The second-order valence-corrected chi connectivity index (χ2v) is 9.77. The number of aliphatic hydroxyl groups is 1. The van der Waals surface area contributed by atoms with Crippen molar-refractivity contribution >= 4 is 44.1 Å². The second kappa shape index (κ2) is 9.33. The lowest BCUT2D eigenvalue weighted by molar-refractivity contribution is -0.132. The molecule has 4 aromatic rings. The number of fused-ring (bicyclic) bond motifs is 1. The van der Waals surface area contributed by atoms with Crippen LogP contribution in [0.5, 0.6) is 11.5 Å². The van der Waals surface area contributed by atoms with Crippen LogP contribution in [0.2, 0.25) is 0 Å². The molecule has 0 spiro atoms. The number of ether oxygens (including phenoxy) is 1. The zero-order valence-electron chi connectivity index (χ0n) is 20.3. The van der Waals surface area contributed by atoms with Gasteiger partial charge >= 0.3 is 5.91 Å². The Bertz CT molecular complexity index is 1590. The molecule has 9 heteroatoms. The van der Waals surface area contributed by atoms with Gasteiger partial charge in [-0.1, -0.05) is 23.5 Å². The molecule has 188 valence electrons. The van der Waals surface area contributed by atoms with E-state index in [0.717, 1.165) is 28.0 Å². The topological polar surface area (TPSA) is 100.0 Å². The number of carbonyl (C=O) groups excluding carboxylic acids is 2. The van der Waals surface area contributed by atoms with Crippen LogP contribution in [0.25, 0.3) is 16.0 Å². The zero-order chi connectivity index (χ0) is 26.4. The number of hydrogen-bond donors (Lipinski definition) is 2. The van der Waals surface area contributed by atoms with E-state index in [1.54, 1.807) is 13.0 Å². The minimum atomic E-state index is -1.06. The standard InChI is InChI=1S/C28H23FN2O5S/c1-4-36-20-13-17(7-10-19(20)32)24-22(25(33)16-5-8-18(29)9-6-16)26(34)27(35)31(24)28-30-23-15(3)11-14(2)12-21(23)37-28/h5-13,24,32-33H,4H2,1-3H3. The number of phenols is 1. The average Bonchev–Trinajstić information content (AvgIpc) is 3.39. The summed E-state index contributed by atoms with van der Waals surface area (Å²) in [6.07, 6.45) is 0. The van der Waals surface area contributed by atoms with Crippen LogP contribution in [-0.2, 0) is 9.59 Å². The molecule has 1 aliphatic rings. The third kappa shape index (κ3) is 4.21. The number of Topliss-reactive ketones (excluding diaryl/α,β-unsaturated/α-hetero) is 1. The van der Waals surface area contributed by atoms with Gasteiger partial charge in [-0.05, 0) is 79.9 Å². The van der Waals surface area contributed by atoms with Gasteiger partial charge in [0, 0.05) is 5.56 Å². The number of hydrogen-bond acceptors (Lipinski definition) is 7. The fourth-order valence-electron chi connectivity index (χ4n) is 4.54. The zero-order valence-corrected chi connectivity index (χ0v) is 21.1. The average molecular weight is 519 g/mol. The number of anilines is 1. The summed E-state index contributed by atoms with van der Waals surface area (Å²) in [4.78, 5) is 32.8. The number of phenolic OH excluding ortho intramolecular Hbond substituents is 1. The molecule has 2 N–H and O–H groups in total. The molecular formula is C28H23FN2O5S. The van der Waals surface area contributed by atoms with Crippen LogP contribution in [0.3, 0.4) is 0 Å². The molecule has 1 aliphatic heterocycles. The lowest BCUT2D eigenvalue weighted by atomic mass is 9.95. The summed E-state index contributed by atoms with van der Waals surface area (Å²) in [5, 5.41) is 21.7. The number of nitrogens with zero attached hydrogens (tertiary/aromatic N) is 2. The Morgan fingerprint density at radius 3 is 2.54 bits per heavy atom. The molecule has 1 atom stereocenters. The van der Waals surface area contributed by atoms with Crippen LogP contribution in [0.4, 0.5) is 9.52 Å². The number of aromatic hydroxyl groups is 1. The summed E-state index contributed by atoms with van der Waals surface area (Å²) < 4.78 is 19.9. The maximum Gasteiger partial charge on any atom is 0.301 e. The first-order valence-electron chi connectivity index (χ1n) is 11.6. The Kier molecular flexibility index (Phi) is 6.16. The minimum absolute atomic E-state index is 0.104. The quantitative estimate of drug-likeness (QED) is 0.197. The van der Waals surface area contributed by atoms with Gasteiger partial charge in [0.1, 0.15) is 11.6 Å². The highest BCUT2D eigenvalue weighted by Crippen LogP contribution is 2.46. The Morgan fingerprint density at radius 1 is 1.11 bits per heavy atom. The van der Waals surface area contributed by atoms with E-state index < -0.39 is 29.3 Å². The van der Waals surface area contributed by atoms with Crippen molar-refractivity contribution in [3.05, 3.63) is 88.2 Å². The highest BCUT2D eigenvalue weighted by Gasteiger charge is 2.48. The molecule has 7 nitrogen and oxygen atoms in total. The molecule has 2 heterocycles. The van der Waals surface area contributed by atoms with E-state index in [-0.39, 0.29) is 29.2 Å². The molecular weight excluding hydrogens is 495 g/mol. The molecule has 0 aliphatic carbocycles. The van der Waals surface area contributed by atoms with Crippen LogP contribution >= 0.6 is 11.3 Å². The molecule has 1 aromatic heterocycles. The number of aryl methyl sites for hydroxylation is 2. The number of halogens is 1. The highest BCUT2D eigenvalue weighted by atomic mass is 32.1. The van der Waals surface area contributed by atoms with Crippen LogP contribution in [0.1, 0.15) is 35.2 Å². The summed E-state index contributed by atoms with van der Waals surface area (Å²) in [5.74, 6) is -2.63. The maximum atomic E-state index is 13.5. The van der Waals surface area contributed by atoms with Gasteiger partial charge in [0.05, 0.1) is 28.4 Å². The van der Waals surface area contributed by atoms with Crippen LogP contribution in [0, 0.1) is 19.7 Å². The molecule has 1 amide bonds. The lowest BCUT2D eigenvalue weighted by Gasteiger charge is -2.23. The third-order valence-corrected chi connectivity index (χ3v) is 7.19. The molecule has 37 heavy (non-hydrogen) atoms. The van der Waals surface area contributed by atoms with E-state index >= 15 is 0 Å². The van der Waals surface area contributed by atoms with Crippen molar-refractivity contribution in [1.82, 2.24) is 4.98 Å². The van der Waals surface area contributed by atoms with E-state index in [1.807, 2.05) is 26.0 Å². The Balaban J connectivity index is 1.75. The Morgan fingerprint density at radius 2 is 1.84 bits per heavy atom. The number of ketones is 1. The predicted molar refractivity (Wildman–Crippen MR) is 140 cm³/mol. The van der Waals surface area contributed by atoms with Crippen LogP contribution < -0.4 is 9.64 Å². The molecule has 1 unspecified atom stereocenters. The fraction of sp³-hybridized carbons (Fsp3) is 0.179. The first-order valence-corrected chi connectivity index (χ1v) is 12.4. The number of thiazole rings is 1. The second-order valence-electron chi connectivity index (χ2n) is 8.76. The first kappa shape index (κ1) is 24.5. The van der Waals surface area contributed by atoms with Gasteiger partial charge in [-0.2, -0.15) is 0 Å². The largest absolute Gasteiger partial charge is 0.507 e. The van der Waals surface area contributed by atoms with E-state index in [4.69, 9.17) is 4.74 Å². The lowest BCUT2D eigenvalue weighted by Crippen LogP contribution is -2.29. The first-order chi connectivity index (χ1) is 17.7. The van der Waals surface area contributed by atoms with E-state index in [1.165, 1.54) is 40.5 Å². The summed E-state index contributed by atoms with van der Waals surface area (Å²) in [7, 11) is 0. The SMILES string of the molecule is CCOc1cc(C2C(=C(O)c3ccc(F)cc3)C(=O)C(=O)N2c2nc3c(C)cc(C)cc3s2)ccc1O. The smallest absolute Gasteiger partial charge is 0.301 e. The number of carbonyl (C=O) groups is 2. The summed E-state index contributed by atoms with van der Waals surface area (Å²) >= 11 is 1.26. The summed E-state index contributed by atoms with van der Waals surface area (Å²) in [6.45, 7) is 5.93. The number of aromatic nitrogens is 1. The third-order valence-electron chi connectivity index (χ3n) is 6.19. The highest BCUT2D eigenvalue weighted by molar-refractivity contribution is 7.22. The van der Waals surface area contributed by atoms with Crippen molar-refractivity contribution in [2.75, 3.05) is 11.5 Å². The van der Waals surface area contributed by atoms with Gasteiger partial charge < -0.3 is 14.9 Å². The predicted octanol–water partition coefficient (Wildman–Crippen LogP) is 5.78. The molecule has 3 aromatic carbocycles. The Hall–Kier alpha value is -4.24. The monoisotopic (exact) mass is 518 g/mol. The van der Waals surface area contributed by atoms with Crippen molar-refractivity contribution in [2.45, 2.75) is 26.8 Å². The van der Waals surface area contributed by atoms with Crippen molar-refractivity contribution in [3.63, 3.8) is 0 Å². The van der Waals surface area contributed by atoms with Crippen LogP contribution in [-0.4, -0.2) is 33.5 Å². The van der Waals surface area contributed by atoms with Gasteiger partial charge in [-0.25, -0.2) is 9.37 Å². The number of benzene rings is 3. The molecule has 0 saturated carbocycles. The van der Waals surface area contributed by atoms with Gasteiger partial charge in [0.25, 0.3) is 5.78 Å². The molecule has 1 saturated heterocycles. The fourth-order valence-corrected chi connectivity index (χ4v) is 5.71. The molecule has 0 bridgehead atoms. The maximum absolute atomic E-state index is 13.5. The Labute approximate surface area is 216 Å². The molecule has 0 radical (unpaired) electrons. The van der Waals surface area contributed by atoms with Crippen molar-refractivity contribution in [1.29, 1.82) is 0 Å². The van der Waals surface area contributed by atoms with Crippen LogP contribution in [0.15, 0.2) is 60.2 Å². The van der Waals surface area contributed by atoms with E-state index in [0.29, 0.717) is 16.2 Å². The van der Waals surface area contributed by atoms with Crippen molar-refractivity contribution in [2.24, 2.45) is 0 Å². The number of rotatable bonds is 5. The normalized spacial score (nSPS) is 17.1. The van der Waals surface area contributed by atoms with Gasteiger partial charge in [0.15, 0.2) is 16.6 Å². The van der Waals surface area contributed by atoms with Crippen molar-refractivity contribution < 1.29 is 28.9 Å². The summed E-state index contributed by atoms with van der Waals surface area (Å²) in [6, 6.07) is 12.4. The minimum Gasteiger partial charge on any atom is -0.507 e. The summed E-state index contributed by atoms with van der Waals surface area (Å²) in [5.41, 5.74) is 3.12.